The Morgan fingerprint density at radius 3 is 2.28 bits per heavy atom. The molecule has 0 saturated carbocycles. The van der Waals surface area contributed by atoms with Crippen LogP contribution in [0.4, 0.5) is 11.5 Å². The van der Waals surface area contributed by atoms with Gasteiger partial charge in [-0.25, -0.2) is 4.79 Å². The van der Waals surface area contributed by atoms with Gasteiger partial charge in [-0.05, 0) is 38.0 Å². The molecule has 156 valence electrons. The van der Waals surface area contributed by atoms with Crippen LogP contribution >= 0.6 is 0 Å². The summed E-state index contributed by atoms with van der Waals surface area (Å²) in [4.78, 5) is 42.0. The summed E-state index contributed by atoms with van der Waals surface area (Å²) in [6, 6.07) is 5.80. The fourth-order valence-corrected chi connectivity index (χ4v) is 3.89. The van der Waals surface area contributed by atoms with Crippen molar-refractivity contribution in [3.8, 4) is 0 Å². The predicted molar refractivity (Wildman–Crippen MR) is 115 cm³/mol. The molecule has 1 aromatic heterocycles. The van der Waals surface area contributed by atoms with Crippen LogP contribution in [0.15, 0.2) is 27.8 Å². The van der Waals surface area contributed by atoms with Gasteiger partial charge in [0.1, 0.15) is 11.4 Å². The second-order valence-corrected chi connectivity index (χ2v) is 7.75. The van der Waals surface area contributed by atoms with E-state index in [2.05, 4.69) is 41.8 Å². The summed E-state index contributed by atoms with van der Waals surface area (Å²) >= 11 is 0. The molecule has 1 aliphatic rings. The second-order valence-electron chi connectivity index (χ2n) is 7.75. The van der Waals surface area contributed by atoms with Gasteiger partial charge in [0.25, 0.3) is 5.56 Å². The molecule has 29 heavy (non-hydrogen) atoms. The van der Waals surface area contributed by atoms with E-state index in [-0.39, 0.29) is 17.2 Å². The molecule has 0 aliphatic carbocycles. The number of anilines is 2. The van der Waals surface area contributed by atoms with Crippen molar-refractivity contribution in [3.05, 3.63) is 55.7 Å². The van der Waals surface area contributed by atoms with E-state index in [0.717, 1.165) is 22.2 Å². The number of aromatic nitrogens is 2. The number of nitrogens with zero attached hydrogens (tertiary/aromatic N) is 4. The van der Waals surface area contributed by atoms with Crippen LogP contribution in [0.25, 0.3) is 0 Å². The van der Waals surface area contributed by atoms with E-state index < -0.39 is 17.3 Å². The van der Waals surface area contributed by atoms with Crippen molar-refractivity contribution in [2.75, 3.05) is 36.8 Å². The quantitative estimate of drug-likeness (QED) is 0.760. The number of nitrogens with two attached hydrogens (primary N) is 1. The number of carbonyl (C=O) groups excluding carboxylic acids is 1. The second kappa shape index (κ2) is 7.87. The topological polar surface area (TPSA) is 93.6 Å². The monoisotopic (exact) mass is 399 g/mol. The first-order valence-corrected chi connectivity index (χ1v) is 9.80. The Morgan fingerprint density at radius 2 is 1.66 bits per heavy atom. The molecule has 3 rings (SSSR count). The van der Waals surface area contributed by atoms with Gasteiger partial charge in [-0.15, -0.1) is 0 Å². The number of nitrogen functional groups attached to an aromatic ring is 1. The Kier molecular flexibility index (Phi) is 5.66. The van der Waals surface area contributed by atoms with Crippen molar-refractivity contribution in [2.24, 2.45) is 14.1 Å². The first kappa shape index (κ1) is 20.9. The first-order valence-electron chi connectivity index (χ1n) is 9.80. The maximum Gasteiger partial charge on any atom is 0.332 e. The van der Waals surface area contributed by atoms with Crippen molar-refractivity contribution in [1.29, 1.82) is 0 Å². The van der Waals surface area contributed by atoms with Crippen LogP contribution < -0.4 is 21.9 Å². The molecule has 2 N–H and O–H groups in total. The van der Waals surface area contributed by atoms with E-state index in [1.54, 1.807) is 6.92 Å². The molecule has 1 aliphatic heterocycles. The summed E-state index contributed by atoms with van der Waals surface area (Å²) < 4.78 is 2.06. The summed E-state index contributed by atoms with van der Waals surface area (Å²) in [6.07, 6.45) is 0. The lowest BCUT2D eigenvalue weighted by atomic mass is 10.0. The Labute approximate surface area is 170 Å². The van der Waals surface area contributed by atoms with Gasteiger partial charge < -0.3 is 10.6 Å². The number of ketones is 1. The van der Waals surface area contributed by atoms with E-state index in [1.165, 1.54) is 30.9 Å². The van der Waals surface area contributed by atoms with Gasteiger partial charge in [-0.2, -0.15) is 0 Å². The number of Topliss-reactive ketones (excluding diaryl/α,β-unsaturated/α-hetero) is 1. The van der Waals surface area contributed by atoms with Crippen molar-refractivity contribution in [3.63, 3.8) is 0 Å². The van der Waals surface area contributed by atoms with E-state index >= 15 is 0 Å². The molecule has 1 aromatic carbocycles. The number of hydrogen-bond acceptors (Lipinski definition) is 6. The lowest BCUT2D eigenvalue weighted by Crippen LogP contribution is -2.53. The Bertz CT molecular complexity index is 1060. The summed E-state index contributed by atoms with van der Waals surface area (Å²) in [5.41, 5.74) is 8.41. The SMILES string of the molecule is Cc1cccc(N2CCN(C(C)C(=O)c3c(N)n(C)c(=O)n(C)c3=O)CC2)c1C. The molecular weight excluding hydrogens is 370 g/mol. The minimum atomic E-state index is -0.642. The molecule has 0 radical (unpaired) electrons. The number of hydrogen-bond donors (Lipinski definition) is 1. The van der Waals surface area contributed by atoms with Crippen LogP contribution in [0.3, 0.4) is 0 Å². The molecule has 0 bridgehead atoms. The minimum absolute atomic E-state index is 0.0797. The zero-order valence-electron chi connectivity index (χ0n) is 17.7. The smallest absolute Gasteiger partial charge is 0.332 e. The molecule has 1 atom stereocenters. The molecule has 1 fully saturated rings. The third kappa shape index (κ3) is 3.60. The lowest BCUT2D eigenvalue weighted by Gasteiger charge is -2.39. The number of benzene rings is 1. The molecular formula is C21H29N5O3. The summed E-state index contributed by atoms with van der Waals surface area (Å²) in [6.45, 7) is 9.01. The van der Waals surface area contributed by atoms with Crippen molar-refractivity contribution in [2.45, 2.75) is 26.8 Å². The van der Waals surface area contributed by atoms with Gasteiger partial charge in [0, 0.05) is 46.0 Å². The molecule has 2 aromatic rings. The van der Waals surface area contributed by atoms with Crippen molar-refractivity contribution >= 4 is 17.3 Å². The zero-order valence-corrected chi connectivity index (χ0v) is 17.7. The highest BCUT2D eigenvalue weighted by Gasteiger charge is 2.30. The maximum atomic E-state index is 13.1. The van der Waals surface area contributed by atoms with Crippen LogP contribution in [0.1, 0.15) is 28.4 Å². The van der Waals surface area contributed by atoms with Gasteiger partial charge >= 0.3 is 5.69 Å². The molecule has 2 heterocycles. The van der Waals surface area contributed by atoms with Gasteiger partial charge in [0.2, 0.25) is 0 Å². The van der Waals surface area contributed by atoms with Crippen LogP contribution in [0.5, 0.6) is 0 Å². The normalized spacial score (nSPS) is 16.1. The Morgan fingerprint density at radius 1 is 1.03 bits per heavy atom. The van der Waals surface area contributed by atoms with Crippen LogP contribution in [0, 0.1) is 13.8 Å². The van der Waals surface area contributed by atoms with E-state index in [9.17, 15) is 14.4 Å². The molecule has 8 nitrogen and oxygen atoms in total. The van der Waals surface area contributed by atoms with Gasteiger partial charge in [-0.1, -0.05) is 12.1 Å². The van der Waals surface area contributed by atoms with Crippen molar-refractivity contribution in [1.82, 2.24) is 14.0 Å². The number of aryl methyl sites for hydroxylation is 1. The van der Waals surface area contributed by atoms with Gasteiger partial charge in [0.05, 0.1) is 6.04 Å². The summed E-state index contributed by atoms with van der Waals surface area (Å²) in [5, 5.41) is 0. The predicted octanol–water partition coefficient (Wildman–Crippen LogP) is 0.676. The van der Waals surface area contributed by atoms with Crippen LogP contribution in [0.2, 0.25) is 0 Å². The average molecular weight is 399 g/mol. The van der Waals surface area contributed by atoms with Crippen LogP contribution in [-0.2, 0) is 14.1 Å². The first-order chi connectivity index (χ1) is 13.6. The maximum absolute atomic E-state index is 13.1. The lowest BCUT2D eigenvalue weighted by molar-refractivity contribution is 0.0827. The largest absolute Gasteiger partial charge is 0.384 e. The third-order valence-electron chi connectivity index (χ3n) is 6.11. The minimum Gasteiger partial charge on any atom is -0.384 e. The van der Waals surface area contributed by atoms with Crippen molar-refractivity contribution < 1.29 is 4.79 Å². The number of piperazine rings is 1. The average Bonchev–Trinajstić information content (AvgIpc) is 2.72. The molecule has 1 unspecified atom stereocenters. The standard InChI is InChI=1S/C21H29N5O3/c1-13-7-6-8-16(14(13)2)26-11-9-25(10-12-26)15(3)18(27)17-19(22)23(4)21(29)24(5)20(17)28/h6-8,15H,9-12,22H2,1-5H3. The fourth-order valence-electron chi connectivity index (χ4n) is 3.89. The fraction of sp³-hybridized carbons (Fsp3) is 0.476. The number of carbonyl (C=O) groups is 1. The van der Waals surface area contributed by atoms with E-state index in [1.807, 2.05) is 0 Å². The molecule has 0 amide bonds. The highest BCUT2D eigenvalue weighted by atomic mass is 16.2. The summed E-state index contributed by atoms with van der Waals surface area (Å²) in [5.74, 6) is -0.428. The number of rotatable bonds is 4. The van der Waals surface area contributed by atoms with E-state index in [4.69, 9.17) is 5.73 Å². The zero-order chi connectivity index (χ0) is 21.5. The van der Waals surface area contributed by atoms with E-state index in [0.29, 0.717) is 13.1 Å². The summed E-state index contributed by atoms with van der Waals surface area (Å²) in [7, 11) is 2.82. The Balaban J connectivity index is 1.79. The third-order valence-corrected chi connectivity index (χ3v) is 6.11. The molecule has 8 heteroatoms. The highest BCUT2D eigenvalue weighted by Crippen LogP contribution is 2.24. The molecule has 0 spiro atoms. The van der Waals surface area contributed by atoms with Gasteiger partial charge in [0.15, 0.2) is 5.78 Å². The van der Waals surface area contributed by atoms with Gasteiger partial charge in [-0.3, -0.25) is 23.6 Å². The highest BCUT2D eigenvalue weighted by molar-refractivity contribution is 6.03. The molecule has 1 saturated heterocycles. The van der Waals surface area contributed by atoms with Crippen LogP contribution in [-0.4, -0.2) is 52.0 Å². The Hall–Kier alpha value is -2.87.